The molecule has 5 heteroatoms. The van der Waals surface area contributed by atoms with E-state index in [1.807, 2.05) is 0 Å². The quantitative estimate of drug-likeness (QED) is 0.798. The van der Waals surface area contributed by atoms with E-state index in [1.165, 1.54) is 0 Å². The van der Waals surface area contributed by atoms with Crippen LogP contribution in [0.1, 0.15) is 16.8 Å². The monoisotopic (exact) mass is 241 g/mol. The Morgan fingerprint density at radius 2 is 2.31 bits per heavy atom. The van der Waals surface area contributed by atoms with Gasteiger partial charge in [0.1, 0.15) is 5.75 Å². The molecular formula is C11H12ClNO3. The minimum atomic E-state index is -0.116. The third kappa shape index (κ3) is 3.24. The molecule has 86 valence electrons. The van der Waals surface area contributed by atoms with Gasteiger partial charge < -0.3 is 10.1 Å². The molecule has 0 bridgehead atoms. The Morgan fingerprint density at radius 1 is 1.56 bits per heavy atom. The van der Waals surface area contributed by atoms with Gasteiger partial charge in [-0.05, 0) is 12.1 Å². The van der Waals surface area contributed by atoms with Gasteiger partial charge in [0, 0.05) is 7.05 Å². The van der Waals surface area contributed by atoms with E-state index in [9.17, 15) is 9.59 Å². The predicted octanol–water partition coefficient (Wildman–Crippen LogP) is 1.67. The molecule has 0 aliphatic rings. The Morgan fingerprint density at radius 3 is 2.94 bits per heavy atom. The second-order valence-corrected chi connectivity index (χ2v) is 3.45. The molecule has 1 rings (SSSR count). The van der Waals surface area contributed by atoms with Crippen molar-refractivity contribution in [3.05, 3.63) is 28.8 Å². The van der Waals surface area contributed by atoms with Crippen LogP contribution in [0, 0.1) is 0 Å². The molecule has 0 aliphatic heterocycles. The number of hydrogen-bond acceptors (Lipinski definition) is 3. The maximum absolute atomic E-state index is 10.9. The third-order valence-electron chi connectivity index (χ3n) is 2.00. The first kappa shape index (κ1) is 12.5. The molecule has 1 N–H and O–H groups in total. The second-order valence-electron chi connectivity index (χ2n) is 3.04. The highest BCUT2D eigenvalue weighted by Gasteiger charge is 2.07. The summed E-state index contributed by atoms with van der Waals surface area (Å²) in [5.41, 5.74) is 0.307. The van der Waals surface area contributed by atoms with Gasteiger partial charge in [0.2, 0.25) is 5.91 Å². The smallest absolute Gasteiger partial charge is 0.223 e. The summed E-state index contributed by atoms with van der Waals surface area (Å²) in [7, 11) is 1.55. The number of aldehydes is 1. The molecule has 16 heavy (non-hydrogen) atoms. The molecule has 0 saturated carbocycles. The number of rotatable bonds is 5. The maximum atomic E-state index is 10.9. The lowest BCUT2D eigenvalue weighted by molar-refractivity contribution is -0.121. The molecule has 1 amide bonds. The summed E-state index contributed by atoms with van der Waals surface area (Å²) < 4.78 is 5.30. The van der Waals surface area contributed by atoms with E-state index in [4.69, 9.17) is 16.3 Å². The molecule has 0 unspecified atom stereocenters. The molecular weight excluding hydrogens is 230 g/mol. The van der Waals surface area contributed by atoms with Gasteiger partial charge in [-0.3, -0.25) is 9.59 Å². The Balaban J connectivity index is 2.63. The molecule has 0 aromatic heterocycles. The summed E-state index contributed by atoms with van der Waals surface area (Å²) in [6, 6.07) is 4.93. The number of benzene rings is 1. The summed E-state index contributed by atoms with van der Waals surface area (Å²) in [6.45, 7) is 0.209. The van der Waals surface area contributed by atoms with Crippen molar-refractivity contribution < 1.29 is 14.3 Å². The number of ether oxygens (including phenoxy) is 1. The largest absolute Gasteiger partial charge is 0.492 e. The molecule has 0 saturated heterocycles. The van der Waals surface area contributed by atoms with Crippen LogP contribution in [0.25, 0.3) is 0 Å². The molecule has 4 nitrogen and oxygen atoms in total. The Labute approximate surface area is 98.5 Å². The van der Waals surface area contributed by atoms with Crippen molar-refractivity contribution in [2.45, 2.75) is 6.42 Å². The van der Waals surface area contributed by atoms with Crippen LogP contribution >= 0.6 is 11.6 Å². The van der Waals surface area contributed by atoms with Crippen molar-refractivity contribution >= 4 is 23.8 Å². The van der Waals surface area contributed by atoms with E-state index in [2.05, 4.69) is 5.32 Å². The van der Waals surface area contributed by atoms with E-state index in [-0.39, 0.29) is 18.9 Å². The average Bonchev–Trinajstić information content (AvgIpc) is 2.29. The van der Waals surface area contributed by atoms with Crippen molar-refractivity contribution in [1.29, 1.82) is 0 Å². The third-order valence-corrected chi connectivity index (χ3v) is 2.33. The first-order chi connectivity index (χ1) is 7.69. The number of halogens is 1. The minimum Gasteiger partial charge on any atom is -0.492 e. The van der Waals surface area contributed by atoms with Gasteiger partial charge in [-0.2, -0.15) is 0 Å². The topological polar surface area (TPSA) is 55.4 Å². The van der Waals surface area contributed by atoms with Gasteiger partial charge in [-0.15, -0.1) is 0 Å². The minimum absolute atomic E-state index is 0.116. The highest BCUT2D eigenvalue weighted by atomic mass is 35.5. The molecule has 0 spiro atoms. The highest BCUT2D eigenvalue weighted by molar-refractivity contribution is 6.33. The Kier molecular flexibility index (Phi) is 4.79. The molecule has 0 fully saturated rings. The highest BCUT2D eigenvalue weighted by Crippen LogP contribution is 2.24. The van der Waals surface area contributed by atoms with Crippen LogP contribution in [0.2, 0.25) is 5.02 Å². The summed E-state index contributed by atoms with van der Waals surface area (Å²) in [4.78, 5) is 21.7. The average molecular weight is 242 g/mol. The van der Waals surface area contributed by atoms with Gasteiger partial charge >= 0.3 is 0 Å². The lowest BCUT2D eigenvalue weighted by atomic mass is 10.2. The van der Waals surface area contributed by atoms with Crippen LogP contribution in [-0.4, -0.2) is 25.8 Å². The Hall–Kier alpha value is -1.55. The van der Waals surface area contributed by atoms with Crippen molar-refractivity contribution in [2.24, 2.45) is 0 Å². The fraction of sp³-hybridized carbons (Fsp3) is 0.273. The number of carbonyl (C=O) groups is 2. The van der Waals surface area contributed by atoms with Gasteiger partial charge in [0.25, 0.3) is 0 Å². The lowest BCUT2D eigenvalue weighted by Gasteiger charge is -2.08. The van der Waals surface area contributed by atoms with E-state index in [0.717, 1.165) is 0 Å². The number of hydrogen-bond donors (Lipinski definition) is 1. The fourth-order valence-electron chi connectivity index (χ4n) is 1.14. The van der Waals surface area contributed by atoms with Gasteiger partial charge in [0.05, 0.1) is 23.6 Å². The molecule has 0 atom stereocenters. The zero-order chi connectivity index (χ0) is 12.0. The lowest BCUT2D eigenvalue weighted by Crippen LogP contribution is -2.20. The van der Waals surface area contributed by atoms with Crippen molar-refractivity contribution in [2.75, 3.05) is 13.7 Å². The SMILES string of the molecule is CNC(=O)CCOc1cccc(Cl)c1C=O. The normalized spacial score (nSPS) is 9.62. The number of amides is 1. The molecule has 0 aliphatic carbocycles. The summed E-state index contributed by atoms with van der Waals surface area (Å²) >= 11 is 5.81. The first-order valence-electron chi connectivity index (χ1n) is 4.76. The van der Waals surface area contributed by atoms with Crippen LogP contribution in [0.5, 0.6) is 5.75 Å². The standard InChI is InChI=1S/C11H12ClNO3/c1-13-11(15)5-6-16-10-4-2-3-9(12)8(10)7-14/h2-4,7H,5-6H2,1H3,(H,13,15). The van der Waals surface area contributed by atoms with Crippen molar-refractivity contribution in [3.8, 4) is 5.75 Å². The van der Waals surface area contributed by atoms with Crippen LogP contribution in [0.4, 0.5) is 0 Å². The van der Waals surface area contributed by atoms with Crippen LogP contribution in [-0.2, 0) is 4.79 Å². The molecule has 1 aromatic rings. The second kappa shape index (κ2) is 6.12. The maximum Gasteiger partial charge on any atom is 0.223 e. The van der Waals surface area contributed by atoms with Crippen LogP contribution in [0.15, 0.2) is 18.2 Å². The van der Waals surface area contributed by atoms with Gasteiger partial charge in [0.15, 0.2) is 6.29 Å². The Bertz CT molecular complexity index is 393. The summed E-state index contributed by atoms with van der Waals surface area (Å²) in [6.07, 6.45) is 0.874. The zero-order valence-corrected chi connectivity index (χ0v) is 9.58. The van der Waals surface area contributed by atoms with Crippen molar-refractivity contribution in [1.82, 2.24) is 5.32 Å². The fourth-order valence-corrected chi connectivity index (χ4v) is 1.35. The van der Waals surface area contributed by atoms with E-state index in [1.54, 1.807) is 25.2 Å². The van der Waals surface area contributed by atoms with Crippen LogP contribution in [0.3, 0.4) is 0 Å². The summed E-state index contributed by atoms with van der Waals surface area (Å²) in [5, 5.41) is 2.82. The van der Waals surface area contributed by atoms with E-state index in [0.29, 0.717) is 22.6 Å². The number of carbonyl (C=O) groups excluding carboxylic acids is 2. The first-order valence-corrected chi connectivity index (χ1v) is 5.14. The zero-order valence-electron chi connectivity index (χ0n) is 8.83. The van der Waals surface area contributed by atoms with Crippen LogP contribution < -0.4 is 10.1 Å². The molecule has 0 radical (unpaired) electrons. The van der Waals surface area contributed by atoms with Gasteiger partial charge in [-0.25, -0.2) is 0 Å². The summed E-state index contributed by atoms with van der Waals surface area (Å²) in [5.74, 6) is 0.279. The predicted molar refractivity (Wildman–Crippen MR) is 61.0 cm³/mol. The van der Waals surface area contributed by atoms with E-state index < -0.39 is 0 Å². The van der Waals surface area contributed by atoms with Gasteiger partial charge in [-0.1, -0.05) is 17.7 Å². The number of nitrogens with one attached hydrogen (secondary N) is 1. The van der Waals surface area contributed by atoms with Crippen molar-refractivity contribution in [3.63, 3.8) is 0 Å². The molecule has 1 aromatic carbocycles. The molecule has 0 heterocycles. The van der Waals surface area contributed by atoms with E-state index >= 15 is 0 Å².